The second-order valence-electron chi connectivity index (χ2n) is 2.19. The molecule has 0 spiro atoms. The van der Waals surface area contributed by atoms with Gasteiger partial charge in [0.2, 0.25) is 12.2 Å². The Morgan fingerprint density at radius 2 is 2.15 bits per heavy atom. The van der Waals surface area contributed by atoms with E-state index in [2.05, 4.69) is 21.2 Å². The van der Waals surface area contributed by atoms with Crippen molar-refractivity contribution in [2.45, 2.75) is 0 Å². The standard InChI is InChI=1S/C6H15N7/c7-1-2-10-3-4-12-13-6(9)11-5-8/h10,12H,1-4,7H2,(H3,9,11,13). The first-order valence-electron chi connectivity index (χ1n) is 3.93. The molecule has 0 saturated heterocycles. The average molecular weight is 185 g/mol. The summed E-state index contributed by atoms with van der Waals surface area (Å²) in [6, 6.07) is 0. The lowest BCUT2D eigenvalue weighted by molar-refractivity contribution is 0.592. The normalized spacial score (nSPS) is 10.9. The summed E-state index contributed by atoms with van der Waals surface area (Å²) in [7, 11) is 0. The van der Waals surface area contributed by atoms with Gasteiger partial charge in [0.15, 0.2) is 0 Å². The highest BCUT2D eigenvalue weighted by atomic mass is 15.4. The van der Waals surface area contributed by atoms with Gasteiger partial charge >= 0.3 is 0 Å². The zero-order chi connectivity index (χ0) is 9.94. The van der Waals surface area contributed by atoms with Crippen LogP contribution in [0.4, 0.5) is 0 Å². The largest absolute Gasteiger partial charge is 0.368 e. The number of guanidine groups is 1. The molecule has 13 heavy (non-hydrogen) atoms. The van der Waals surface area contributed by atoms with E-state index in [1.165, 1.54) is 0 Å². The molecule has 0 bridgehead atoms. The summed E-state index contributed by atoms with van der Waals surface area (Å²) in [5.41, 5.74) is 15.8. The predicted octanol–water partition coefficient (Wildman–Crippen LogP) is -2.58. The number of nitrogens with two attached hydrogens (primary N) is 2. The van der Waals surface area contributed by atoms with Gasteiger partial charge in [0.1, 0.15) is 0 Å². The van der Waals surface area contributed by atoms with Crippen molar-refractivity contribution in [1.29, 1.82) is 5.26 Å². The van der Waals surface area contributed by atoms with E-state index in [4.69, 9.17) is 16.7 Å². The summed E-state index contributed by atoms with van der Waals surface area (Å²) in [4.78, 5) is 3.24. The maximum atomic E-state index is 8.10. The summed E-state index contributed by atoms with van der Waals surface area (Å²) >= 11 is 0. The minimum absolute atomic E-state index is 0.0568. The van der Waals surface area contributed by atoms with E-state index in [0.717, 1.165) is 13.1 Å². The van der Waals surface area contributed by atoms with Gasteiger partial charge in [-0.25, -0.2) is 5.43 Å². The maximum Gasteiger partial charge on any atom is 0.219 e. The lowest BCUT2D eigenvalue weighted by atomic mass is 10.6. The number of aliphatic imine (C=N–C) groups is 1. The summed E-state index contributed by atoms with van der Waals surface area (Å²) in [5.74, 6) is 0.0568. The van der Waals surface area contributed by atoms with Gasteiger partial charge in [0, 0.05) is 26.2 Å². The molecule has 0 rings (SSSR count). The molecule has 0 saturated carbocycles. The fourth-order valence-corrected chi connectivity index (χ4v) is 0.613. The number of hydrazine groups is 1. The van der Waals surface area contributed by atoms with Crippen molar-refractivity contribution in [2.24, 2.45) is 16.5 Å². The summed E-state index contributed by atoms with van der Waals surface area (Å²) in [5, 5.41) is 11.2. The van der Waals surface area contributed by atoms with Crippen molar-refractivity contribution in [1.82, 2.24) is 16.2 Å². The van der Waals surface area contributed by atoms with E-state index >= 15 is 0 Å². The van der Waals surface area contributed by atoms with Crippen LogP contribution in [0.3, 0.4) is 0 Å². The maximum absolute atomic E-state index is 8.10. The molecule has 0 heterocycles. The molecule has 7 heteroatoms. The summed E-state index contributed by atoms with van der Waals surface area (Å²) in [6.45, 7) is 2.83. The third-order valence-corrected chi connectivity index (χ3v) is 1.13. The molecule has 7 N–H and O–H groups in total. The molecule has 0 atom stereocenters. The Morgan fingerprint density at radius 3 is 2.77 bits per heavy atom. The van der Waals surface area contributed by atoms with E-state index in [9.17, 15) is 0 Å². The zero-order valence-electron chi connectivity index (χ0n) is 7.38. The molecule has 0 aliphatic heterocycles. The molecular weight excluding hydrogens is 170 g/mol. The number of hydrogen-bond acceptors (Lipinski definition) is 5. The first-order valence-corrected chi connectivity index (χ1v) is 3.93. The van der Waals surface area contributed by atoms with Gasteiger partial charge in [-0.2, -0.15) is 5.26 Å². The van der Waals surface area contributed by atoms with Gasteiger partial charge in [-0.05, 0) is 0 Å². The molecule has 0 amide bonds. The molecule has 0 fully saturated rings. The third-order valence-electron chi connectivity index (χ3n) is 1.13. The van der Waals surface area contributed by atoms with Crippen LogP contribution in [-0.2, 0) is 0 Å². The molecule has 0 aromatic rings. The predicted molar refractivity (Wildman–Crippen MR) is 50.3 cm³/mol. The molecule has 0 unspecified atom stereocenters. The van der Waals surface area contributed by atoms with E-state index in [-0.39, 0.29) is 5.96 Å². The average Bonchev–Trinajstić information content (AvgIpc) is 2.11. The lowest BCUT2D eigenvalue weighted by Crippen LogP contribution is -2.45. The second-order valence-corrected chi connectivity index (χ2v) is 2.19. The highest BCUT2D eigenvalue weighted by molar-refractivity contribution is 5.78. The molecule has 0 aromatic heterocycles. The minimum atomic E-state index is 0.0568. The molecule has 0 aliphatic rings. The van der Waals surface area contributed by atoms with Crippen molar-refractivity contribution < 1.29 is 0 Å². The quantitative estimate of drug-likeness (QED) is 0.102. The third kappa shape index (κ3) is 8.55. The number of nitrogens with zero attached hydrogens (tertiary/aromatic N) is 2. The lowest BCUT2D eigenvalue weighted by Gasteiger charge is -2.06. The van der Waals surface area contributed by atoms with Crippen LogP contribution >= 0.6 is 0 Å². The second kappa shape index (κ2) is 8.73. The molecular formula is C6H15N7. The van der Waals surface area contributed by atoms with Gasteiger partial charge in [-0.1, -0.05) is 0 Å². The Balaban J connectivity index is 3.17. The Hall–Kier alpha value is -1.36. The smallest absolute Gasteiger partial charge is 0.219 e. The van der Waals surface area contributed by atoms with Gasteiger partial charge in [0.25, 0.3) is 0 Å². The van der Waals surface area contributed by atoms with Crippen molar-refractivity contribution in [3.8, 4) is 6.19 Å². The van der Waals surface area contributed by atoms with Crippen LogP contribution < -0.4 is 27.6 Å². The van der Waals surface area contributed by atoms with Crippen molar-refractivity contribution in [3.05, 3.63) is 0 Å². The Bertz CT molecular complexity index is 182. The highest BCUT2D eigenvalue weighted by Crippen LogP contribution is 1.59. The van der Waals surface area contributed by atoms with Crippen LogP contribution in [0.1, 0.15) is 0 Å². The minimum Gasteiger partial charge on any atom is -0.368 e. The van der Waals surface area contributed by atoms with E-state index in [1.807, 2.05) is 0 Å². The fourth-order valence-electron chi connectivity index (χ4n) is 0.613. The van der Waals surface area contributed by atoms with E-state index in [1.54, 1.807) is 6.19 Å². The van der Waals surface area contributed by atoms with Crippen molar-refractivity contribution in [2.75, 3.05) is 26.2 Å². The first-order chi connectivity index (χ1) is 6.31. The molecule has 0 aliphatic carbocycles. The van der Waals surface area contributed by atoms with Crippen molar-refractivity contribution >= 4 is 5.96 Å². The van der Waals surface area contributed by atoms with Crippen LogP contribution in [0.25, 0.3) is 0 Å². The number of hydrogen-bond donors (Lipinski definition) is 5. The number of nitriles is 1. The van der Waals surface area contributed by atoms with E-state index < -0.39 is 0 Å². The Morgan fingerprint density at radius 1 is 1.38 bits per heavy atom. The van der Waals surface area contributed by atoms with E-state index in [0.29, 0.717) is 13.1 Å². The number of rotatable bonds is 6. The SMILES string of the molecule is N#CN=C(N)NNCCNCCN. The fraction of sp³-hybridized carbons (Fsp3) is 0.667. The zero-order valence-corrected chi connectivity index (χ0v) is 7.38. The van der Waals surface area contributed by atoms with Gasteiger partial charge in [0.05, 0.1) is 0 Å². The Kier molecular flexibility index (Phi) is 7.82. The summed E-state index contributed by atoms with van der Waals surface area (Å²) in [6.07, 6.45) is 1.56. The highest BCUT2D eigenvalue weighted by Gasteiger charge is 1.88. The molecule has 0 radical (unpaired) electrons. The number of nitrogens with one attached hydrogen (secondary N) is 3. The van der Waals surface area contributed by atoms with Gasteiger partial charge < -0.3 is 16.8 Å². The first kappa shape index (κ1) is 11.6. The van der Waals surface area contributed by atoms with Crippen LogP contribution in [0.15, 0.2) is 4.99 Å². The van der Waals surface area contributed by atoms with Gasteiger partial charge in [-0.3, -0.25) is 5.43 Å². The van der Waals surface area contributed by atoms with Crippen LogP contribution in [-0.4, -0.2) is 32.1 Å². The Labute approximate surface area is 77.2 Å². The monoisotopic (exact) mass is 185 g/mol. The molecule has 7 nitrogen and oxygen atoms in total. The summed E-state index contributed by atoms with van der Waals surface area (Å²) < 4.78 is 0. The van der Waals surface area contributed by atoms with Gasteiger partial charge in [-0.15, -0.1) is 4.99 Å². The van der Waals surface area contributed by atoms with Crippen LogP contribution in [0.2, 0.25) is 0 Å². The molecule has 0 aromatic carbocycles. The van der Waals surface area contributed by atoms with Crippen LogP contribution in [0.5, 0.6) is 0 Å². The van der Waals surface area contributed by atoms with Crippen molar-refractivity contribution in [3.63, 3.8) is 0 Å². The van der Waals surface area contributed by atoms with Crippen LogP contribution in [0, 0.1) is 11.5 Å². The molecule has 74 valence electrons. The topological polar surface area (TPSA) is 124 Å².